The molecular formula is C34H48N2O8. The van der Waals surface area contributed by atoms with Crippen LogP contribution in [-0.4, -0.2) is 86.7 Å². The van der Waals surface area contributed by atoms with E-state index in [0.29, 0.717) is 32.6 Å². The number of benzene rings is 2. The Morgan fingerprint density at radius 2 is 1.59 bits per heavy atom. The van der Waals surface area contributed by atoms with Crippen molar-refractivity contribution in [3.05, 3.63) is 71.8 Å². The van der Waals surface area contributed by atoms with Crippen molar-refractivity contribution in [2.24, 2.45) is 17.8 Å². The predicted octanol–water partition coefficient (Wildman–Crippen LogP) is 4.90. The van der Waals surface area contributed by atoms with Crippen molar-refractivity contribution in [2.45, 2.75) is 59.2 Å². The van der Waals surface area contributed by atoms with Crippen LogP contribution in [0, 0.1) is 17.8 Å². The van der Waals surface area contributed by atoms with Crippen LogP contribution in [0.3, 0.4) is 0 Å². The molecule has 0 spiro atoms. The molecule has 44 heavy (non-hydrogen) atoms. The highest BCUT2D eigenvalue weighted by atomic mass is 16.7. The summed E-state index contributed by atoms with van der Waals surface area (Å²) in [6.07, 6.45) is -0.414. The number of amides is 1. The quantitative estimate of drug-likeness (QED) is 0.205. The number of methoxy groups -OCH3 is 1. The Bertz CT molecular complexity index is 1180. The molecule has 0 saturated carbocycles. The van der Waals surface area contributed by atoms with E-state index in [0.717, 1.165) is 11.1 Å². The van der Waals surface area contributed by atoms with Crippen LogP contribution in [0.15, 0.2) is 60.7 Å². The molecule has 3 rings (SSSR count). The number of hydrogen-bond donors (Lipinski definition) is 0. The predicted molar refractivity (Wildman–Crippen MR) is 165 cm³/mol. The Kier molecular flexibility index (Phi) is 13.6. The summed E-state index contributed by atoms with van der Waals surface area (Å²) in [6, 6.07) is 19.4. The number of carbonyl (C=O) groups excluding carboxylic acids is 3. The lowest BCUT2D eigenvalue weighted by Gasteiger charge is -2.46. The maximum Gasteiger partial charge on any atom is 0.410 e. The van der Waals surface area contributed by atoms with Crippen LogP contribution in [0.4, 0.5) is 4.79 Å². The lowest BCUT2D eigenvalue weighted by Crippen LogP contribution is -2.57. The van der Waals surface area contributed by atoms with Gasteiger partial charge in [-0.25, -0.2) is 9.59 Å². The van der Waals surface area contributed by atoms with E-state index in [1.165, 1.54) is 14.0 Å². The van der Waals surface area contributed by atoms with Gasteiger partial charge in [-0.05, 0) is 30.0 Å². The van der Waals surface area contributed by atoms with Gasteiger partial charge in [-0.15, -0.1) is 0 Å². The lowest BCUT2D eigenvalue weighted by atomic mass is 9.78. The van der Waals surface area contributed by atoms with E-state index in [1.807, 2.05) is 79.5 Å². The van der Waals surface area contributed by atoms with Gasteiger partial charge in [0, 0.05) is 45.4 Å². The lowest BCUT2D eigenvalue weighted by molar-refractivity contribution is -0.303. The van der Waals surface area contributed by atoms with Crippen LogP contribution >= 0.6 is 0 Å². The number of rotatable bonds is 15. The van der Waals surface area contributed by atoms with Gasteiger partial charge in [-0.3, -0.25) is 4.79 Å². The molecule has 1 amide bonds. The minimum Gasteiger partial charge on any atom is -0.465 e. The van der Waals surface area contributed by atoms with Crippen molar-refractivity contribution in [2.75, 3.05) is 47.0 Å². The fourth-order valence-electron chi connectivity index (χ4n) is 5.34. The zero-order chi connectivity index (χ0) is 32.1. The van der Waals surface area contributed by atoms with Gasteiger partial charge in [-0.2, -0.15) is 0 Å². The monoisotopic (exact) mass is 612 g/mol. The van der Waals surface area contributed by atoms with Gasteiger partial charge in [0.15, 0.2) is 0 Å². The Balaban J connectivity index is 1.60. The summed E-state index contributed by atoms with van der Waals surface area (Å²) in [7, 11) is 3.25. The average molecular weight is 613 g/mol. The molecule has 0 radical (unpaired) electrons. The van der Waals surface area contributed by atoms with Gasteiger partial charge >= 0.3 is 18.0 Å². The van der Waals surface area contributed by atoms with Gasteiger partial charge < -0.3 is 33.5 Å². The molecule has 242 valence electrons. The molecular weight excluding hydrogens is 564 g/mol. The van der Waals surface area contributed by atoms with Gasteiger partial charge in [0.2, 0.25) is 0 Å². The van der Waals surface area contributed by atoms with E-state index in [9.17, 15) is 14.4 Å². The van der Waals surface area contributed by atoms with E-state index in [2.05, 4.69) is 13.8 Å². The third-order valence-electron chi connectivity index (χ3n) is 8.18. The molecule has 1 unspecified atom stereocenters. The molecule has 1 saturated heterocycles. The van der Waals surface area contributed by atoms with Crippen molar-refractivity contribution in [3.63, 3.8) is 0 Å². The molecule has 0 aliphatic carbocycles. The topological polar surface area (TPSA) is 104 Å². The van der Waals surface area contributed by atoms with E-state index >= 15 is 0 Å². The van der Waals surface area contributed by atoms with Crippen LogP contribution in [0.1, 0.15) is 45.2 Å². The smallest absolute Gasteiger partial charge is 0.410 e. The first kappa shape index (κ1) is 35.0. The molecule has 1 fully saturated rings. The molecule has 2 aromatic carbocycles. The van der Waals surface area contributed by atoms with Crippen molar-refractivity contribution in [3.8, 4) is 0 Å². The minimum atomic E-state index is -1.56. The second-order valence-electron chi connectivity index (χ2n) is 11.7. The van der Waals surface area contributed by atoms with Crippen LogP contribution in [0.5, 0.6) is 0 Å². The van der Waals surface area contributed by atoms with Crippen LogP contribution in [-0.2, 0) is 46.4 Å². The molecule has 10 heteroatoms. The van der Waals surface area contributed by atoms with E-state index in [4.69, 9.17) is 23.7 Å². The molecule has 1 aliphatic heterocycles. The van der Waals surface area contributed by atoms with Crippen molar-refractivity contribution in [1.82, 2.24) is 9.80 Å². The average Bonchev–Trinajstić information content (AvgIpc) is 3.02. The number of esters is 2. The molecule has 2 aromatic rings. The van der Waals surface area contributed by atoms with E-state index in [-0.39, 0.29) is 55.7 Å². The van der Waals surface area contributed by atoms with E-state index in [1.54, 1.807) is 4.90 Å². The standard InChI is InChI=1S/C34H48N2O8/c1-25-21-34(32(38)40-6,44-31(27(25)3)26(2)23-41-28(4)37)43-20-19-35(5)17-18-36(22-29-13-9-7-10-14-29)33(39)42-24-30-15-11-8-12-16-30/h7-16,25-27,31H,17-24H2,1-6H3/t25-,26-,27-,31?,34-/m1/s1. The molecule has 0 N–H and O–H groups in total. The van der Waals surface area contributed by atoms with Crippen molar-refractivity contribution >= 4 is 18.0 Å². The number of ether oxygens (including phenoxy) is 5. The van der Waals surface area contributed by atoms with Crippen LogP contribution in [0.25, 0.3) is 0 Å². The third-order valence-corrected chi connectivity index (χ3v) is 8.18. The number of carbonyl (C=O) groups is 3. The SMILES string of the molecule is COC(=O)[C@@]1(OCCN(C)CCN(Cc2ccccc2)C(=O)OCc2ccccc2)C[C@@H](C)[C@@H](C)C([C@H](C)COC(C)=O)O1. The zero-order valence-electron chi connectivity index (χ0n) is 26.9. The number of hydrogen-bond acceptors (Lipinski definition) is 9. The Morgan fingerprint density at radius 3 is 2.20 bits per heavy atom. The summed E-state index contributed by atoms with van der Waals surface area (Å²) in [5, 5.41) is 0. The molecule has 0 aromatic heterocycles. The first-order valence-corrected chi connectivity index (χ1v) is 15.3. The molecule has 1 aliphatic rings. The van der Waals surface area contributed by atoms with Gasteiger partial charge in [-0.1, -0.05) is 81.4 Å². The Labute approximate surface area is 261 Å². The highest BCUT2D eigenvalue weighted by molar-refractivity contribution is 5.78. The van der Waals surface area contributed by atoms with Gasteiger partial charge in [0.05, 0.1) is 26.4 Å². The first-order valence-electron chi connectivity index (χ1n) is 15.3. The maximum absolute atomic E-state index is 13.1. The minimum absolute atomic E-state index is 0.0961. The molecule has 1 heterocycles. The highest BCUT2D eigenvalue weighted by Crippen LogP contribution is 2.41. The Hall–Kier alpha value is -3.47. The fourth-order valence-corrected chi connectivity index (χ4v) is 5.34. The molecule has 10 nitrogen and oxygen atoms in total. The highest BCUT2D eigenvalue weighted by Gasteiger charge is 2.52. The summed E-state index contributed by atoms with van der Waals surface area (Å²) in [6.45, 7) is 9.91. The third kappa shape index (κ3) is 10.3. The summed E-state index contributed by atoms with van der Waals surface area (Å²) in [4.78, 5) is 41.2. The number of likely N-dealkylation sites (N-methyl/N-ethyl adjacent to an activating group) is 1. The second kappa shape index (κ2) is 17.1. The van der Waals surface area contributed by atoms with Crippen molar-refractivity contribution in [1.29, 1.82) is 0 Å². The first-order chi connectivity index (χ1) is 21.0. The van der Waals surface area contributed by atoms with Gasteiger partial charge in [0.25, 0.3) is 5.79 Å². The largest absolute Gasteiger partial charge is 0.465 e. The summed E-state index contributed by atoms with van der Waals surface area (Å²) >= 11 is 0. The number of nitrogens with zero attached hydrogens (tertiary/aromatic N) is 2. The second-order valence-corrected chi connectivity index (χ2v) is 11.7. The summed E-state index contributed by atoms with van der Waals surface area (Å²) in [5.41, 5.74) is 1.93. The van der Waals surface area contributed by atoms with Crippen LogP contribution < -0.4 is 0 Å². The van der Waals surface area contributed by atoms with Crippen molar-refractivity contribution < 1.29 is 38.1 Å². The fraction of sp³-hybridized carbons (Fsp3) is 0.559. The maximum atomic E-state index is 13.1. The Morgan fingerprint density at radius 1 is 0.955 bits per heavy atom. The summed E-state index contributed by atoms with van der Waals surface area (Å²) in [5.74, 6) is -2.45. The summed E-state index contributed by atoms with van der Waals surface area (Å²) < 4.78 is 28.6. The molecule has 5 atom stereocenters. The zero-order valence-corrected chi connectivity index (χ0v) is 26.9. The van der Waals surface area contributed by atoms with Gasteiger partial charge in [0.1, 0.15) is 6.61 Å². The van der Waals surface area contributed by atoms with Crippen LogP contribution in [0.2, 0.25) is 0 Å². The van der Waals surface area contributed by atoms with E-state index < -0.39 is 11.8 Å². The molecule has 0 bridgehead atoms. The normalized spacial score (nSPS) is 22.2.